The van der Waals surface area contributed by atoms with Crippen LogP contribution < -0.4 is 10.5 Å². The first-order chi connectivity index (χ1) is 8.56. The largest absolute Gasteiger partial charge is 0.507 e. The molecule has 0 saturated carbocycles. The molecule has 1 saturated heterocycles. The van der Waals surface area contributed by atoms with E-state index in [2.05, 4.69) is 4.90 Å². The predicted octanol–water partition coefficient (Wildman–Crippen LogP) is 1.49. The van der Waals surface area contributed by atoms with Crippen molar-refractivity contribution < 1.29 is 14.2 Å². The third kappa shape index (κ3) is 2.28. The van der Waals surface area contributed by atoms with Gasteiger partial charge in [-0.3, -0.25) is 4.90 Å². The van der Waals surface area contributed by atoms with Crippen LogP contribution in [0, 0.1) is 11.7 Å². The lowest BCUT2D eigenvalue weighted by molar-refractivity contribution is 0.302. The van der Waals surface area contributed by atoms with Gasteiger partial charge < -0.3 is 15.6 Å². The second-order valence-corrected chi connectivity index (χ2v) is 4.84. The van der Waals surface area contributed by atoms with Crippen LogP contribution in [0.1, 0.15) is 18.0 Å². The number of phenols is 1. The number of phenolic OH excluding ortho intramolecular Hbond substituents is 1. The Morgan fingerprint density at radius 3 is 2.83 bits per heavy atom. The van der Waals surface area contributed by atoms with Gasteiger partial charge in [0.2, 0.25) is 0 Å². The van der Waals surface area contributed by atoms with Crippen molar-refractivity contribution in [3.05, 3.63) is 23.5 Å². The molecule has 0 spiro atoms. The van der Waals surface area contributed by atoms with E-state index < -0.39 is 5.82 Å². The number of hydrogen-bond donors (Lipinski definition) is 2. The number of nitrogens with zero attached hydrogens (tertiary/aromatic N) is 1. The minimum atomic E-state index is -0.547. The number of halogens is 1. The fraction of sp³-hybridized carbons (Fsp3) is 0.538. The van der Waals surface area contributed by atoms with Crippen molar-refractivity contribution in [2.75, 3.05) is 27.2 Å². The number of benzene rings is 1. The smallest absolute Gasteiger partial charge is 0.168 e. The molecule has 1 heterocycles. The lowest BCUT2D eigenvalue weighted by Crippen LogP contribution is -2.20. The maximum atomic E-state index is 13.4. The molecule has 0 amide bonds. The van der Waals surface area contributed by atoms with E-state index in [-0.39, 0.29) is 17.5 Å². The average molecular weight is 254 g/mol. The van der Waals surface area contributed by atoms with Crippen LogP contribution in [-0.4, -0.2) is 37.3 Å². The maximum absolute atomic E-state index is 13.4. The van der Waals surface area contributed by atoms with E-state index in [0.717, 1.165) is 19.0 Å². The molecule has 0 bridgehead atoms. The van der Waals surface area contributed by atoms with Gasteiger partial charge in [0.25, 0.3) is 0 Å². The van der Waals surface area contributed by atoms with Crippen molar-refractivity contribution >= 4 is 0 Å². The summed E-state index contributed by atoms with van der Waals surface area (Å²) in [4.78, 5) is 2.13. The highest BCUT2D eigenvalue weighted by atomic mass is 19.1. The van der Waals surface area contributed by atoms with Gasteiger partial charge in [0.1, 0.15) is 5.75 Å². The first kappa shape index (κ1) is 13.1. The molecule has 2 unspecified atom stereocenters. The van der Waals surface area contributed by atoms with Gasteiger partial charge in [-0.05, 0) is 32.0 Å². The number of rotatable bonds is 3. The monoisotopic (exact) mass is 254 g/mol. The SMILES string of the molecule is COc1cc(C2CC(CN)CN2C)c(O)cc1F. The van der Waals surface area contributed by atoms with Crippen molar-refractivity contribution in [2.24, 2.45) is 11.7 Å². The third-order valence-electron chi connectivity index (χ3n) is 3.63. The molecular formula is C13H19FN2O2. The summed E-state index contributed by atoms with van der Waals surface area (Å²) in [6.45, 7) is 1.51. The van der Waals surface area contributed by atoms with Gasteiger partial charge in [-0.2, -0.15) is 0 Å². The van der Waals surface area contributed by atoms with E-state index in [0.29, 0.717) is 18.0 Å². The number of aromatic hydroxyl groups is 1. The molecule has 5 heteroatoms. The zero-order valence-corrected chi connectivity index (χ0v) is 10.7. The van der Waals surface area contributed by atoms with Crippen LogP contribution in [0.25, 0.3) is 0 Å². The molecule has 3 N–H and O–H groups in total. The van der Waals surface area contributed by atoms with E-state index in [1.165, 1.54) is 7.11 Å². The van der Waals surface area contributed by atoms with Crippen molar-refractivity contribution in [1.82, 2.24) is 4.90 Å². The van der Waals surface area contributed by atoms with Gasteiger partial charge >= 0.3 is 0 Å². The van der Waals surface area contributed by atoms with Crippen LogP contribution in [0.4, 0.5) is 4.39 Å². The molecule has 4 nitrogen and oxygen atoms in total. The fourth-order valence-electron chi connectivity index (χ4n) is 2.62. The second-order valence-electron chi connectivity index (χ2n) is 4.84. The minimum absolute atomic E-state index is 0.0252. The summed E-state index contributed by atoms with van der Waals surface area (Å²) < 4.78 is 18.4. The van der Waals surface area contributed by atoms with Gasteiger partial charge in [0.05, 0.1) is 7.11 Å². The van der Waals surface area contributed by atoms with Crippen molar-refractivity contribution in [1.29, 1.82) is 0 Å². The Labute approximate surface area is 106 Å². The minimum Gasteiger partial charge on any atom is -0.507 e. The molecule has 0 aromatic heterocycles. The van der Waals surface area contributed by atoms with Crippen LogP contribution in [0.15, 0.2) is 12.1 Å². The van der Waals surface area contributed by atoms with Crippen molar-refractivity contribution in [2.45, 2.75) is 12.5 Å². The highest BCUT2D eigenvalue weighted by Gasteiger charge is 2.32. The van der Waals surface area contributed by atoms with Crippen LogP contribution >= 0.6 is 0 Å². The summed E-state index contributed by atoms with van der Waals surface area (Å²) in [6.07, 6.45) is 0.870. The molecule has 2 atom stereocenters. The molecule has 0 aliphatic carbocycles. The predicted molar refractivity (Wildman–Crippen MR) is 67.1 cm³/mol. The summed E-state index contributed by atoms with van der Waals surface area (Å²) >= 11 is 0. The van der Waals surface area contributed by atoms with Gasteiger partial charge in [-0.1, -0.05) is 0 Å². The molecule has 0 radical (unpaired) electrons. The lowest BCUT2D eigenvalue weighted by Gasteiger charge is -2.21. The van der Waals surface area contributed by atoms with Crippen LogP contribution in [0.2, 0.25) is 0 Å². The lowest BCUT2D eigenvalue weighted by atomic mass is 9.99. The van der Waals surface area contributed by atoms with E-state index in [1.54, 1.807) is 6.07 Å². The van der Waals surface area contributed by atoms with Crippen LogP contribution in [-0.2, 0) is 0 Å². The van der Waals surface area contributed by atoms with Crippen molar-refractivity contribution in [3.8, 4) is 11.5 Å². The number of nitrogens with two attached hydrogens (primary N) is 1. The Morgan fingerprint density at radius 2 is 2.28 bits per heavy atom. The molecule has 2 rings (SSSR count). The molecule has 18 heavy (non-hydrogen) atoms. The van der Waals surface area contributed by atoms with Gasteiger partial charge in [0.15, 0.2) is 11.6 Å². The summed E-state index contributed by atoms with van der Waals surface area (Å²) in [7, 11) is 3.40. The molecule has 1 aliphatic rings. The maximum Gasteiger partial charge on any atom is 0.168 e. The molecule has 1 fully saturated rings. The third-order valence-corrected chi connectivity index (χ3v) is 3.63. The zero-order chi connectivity index (χ0) is 13.3. The molecule has 1 aromatic rings. The number of likely N-dealkylation sites (tertiary alicyclic amines) is 1. The van der Waals surface area contributed by atoms with Crippen molar-refractivity contribution in [3.63, 3.8) is 0 Å². The topological polar surface area (TPSA) is 58.7 Å². The van der Waals surface area contributed by atoms with E-state index in [4.69, 9.17) is 10.5 Å². The normalized spacial score (nSPS) is 24.4. The van der Waals surface area contributed by atoms with Gasteiger partial charge in [-0.15, -0.1) is 0 Å². The quantitative estimate of drug-likeness (QED) is 0.858. The Morgan fingerprint density at radius 1 is 1.56 bits per heavy atom. The first-order valence-electron chi connectivity index (χ1n) is 6.03. The van der Waals surface area contributed by atoms with Crippen LogP contribution in [0.3, 0.4) is 0 Å². The first-order valence-corrected chi connectivity index (χ1v) is 6.03. The Bertz CT molecular complexity index is 439. The van der Waals surface area contributed by atoms with Gasteiger partial charge in [-0.25, -0.2) is 4.39 Å². The highest BCUT2D eigenvalue weighted by Crippen LogP contribution is 2.40. The fourth-order valence-corrected chi connectivity index (χ4v) is 2.62. The van der Waals surface area contributed by atoms with E-state index >= 15 is 0 Å². The highest BCUT2D eigenvalue weighted by molar-refractivity contribution is 5.42. The molecule has 100 valence electrons. The number of ether oxygens (including phenoxy) is 1. The molecule has 1 aliphatic heterocycles. The number of methoxy groups -OCH3 is 1. The molecule has 1 aromatic carbocycles. The molecular weight excluding hydrogens is 235 g/mol. The van der Waals surface area contributed by atoms with Crippen LogP contribution in [0.5, 0.6) is 11.5 Å². The Kier molecular flexibility index (Phi) is 3.73. The standard InChI is InChI=1S/C13H19FN2O2/c1-16-7-8(6-15)3-11(16)9-4-13(18-2)10(14)5-12(9)17/h4-5,8,11,17H,3,6-7,15H2,1-2H3. The number of hydrogen-bond acceptors (Lipinski definition) is 4. The Balaban J connectivity index is 2.33. The summed E-state index contributed by atoms with van der Waals surface area (Å²) in [5.41, 5.74) is 6.38. The Hall–Kier alpha value is -1.33. The van der Waals surface area contributed by atoms with E-state index in [1.807, 2.05) is 7.05 Å². The van der Waals surface area contributed by atoms with E-state index in [9.17, 15) is 9.50 Å². The second kappa shape index (κ2) is 5.12. The van der Waals surface area contributed by atoms with Gasteiger partial charge in [0, 0.05) is 24.2 Å². The average Bonchev–Trinajstić information content (AvgIpc) is 2.71. The zero-order valence-electron chi connectivity index (χ0n) is 10.7. The summed E-state index contributed by atoms with van der Waals surface area (Å²) in [5.74, 6) is 0.000410. The summed E-state index contributed by atoms with van der Waals surface area (Å²) in [6, 6.07) is 2.75. The summed E-state index contributed by atoms with van der Waals surface area (Å²) in [5, 5.41) is 9.89.